The summed E-state index contributed by atoms with van der Waals surface area (Å²) in [4.78, 5) is -0.182. The van der Waals surface area contributed by atoms with Crippen molar-refractivity contribution in [3.05, 3.63) is 12.2 Å². The van der Waals surface area contributed by atoms with Gasteiger partial charge in [0.2, 0.25) is 5.95 Å². The van der Waals surface area contributed by atoms with E-state index in [9.17, 15) is 26.4 Å². The van der Waals surface area contributed by atoms with Crippen LogP contribution in [0, 0.1) is 0 Å². The van der Waals surface area contributed by atoms with Crippen LogP contribution in [0.5, 0.6) is 0 Å². The summed E-state index contributed by atoms with van der Waals surface area (Å²) in [6.07, 6.45) is 9.16. The number of ether oxygens (including phenoxy) is 1. The first kappa shape index (κ1) is 22.9. The van der Waals surface area contributed by atoms with E-state index >= 15 is 0 Å². The number of nitrogens with zero attached hydrogens (tertiary/aromatic N) is 2. The summed E-state index contributed by atoms with van der Waals surface area (Å²) in [6, 6.07) is -10.1. The number of hydrogen-bond acceptors (Lipinski definition) is 3. The molecule has 0 spiro atoms. The van der Waals surface area contributed by atoms with Gasteiger partial charge in [-0.1, -0.05) is 56.4 Å². The van der Waals surface area contributed by atoms with E-state index in [2.05, 4.69) is 6.92 Å². The SMILES string of the molecule is CCCCCCCCCCOCCCN1C=C(F)N(F)C(F)(F)C1(F)F. The molecular formula is C17H28F6N2O. The number of halogens is 6. The van der Waals surface area contributed by atoms with Crippen LogP contribution >= 0.6 is 0 Å². The molecule has 0 aromatic rings. The van der Waals surface area contributed by atoms with Gasteiger partial charge >= 0.3 is 12.1 Å². The number of rotatable bonds is 13. The van der Waals surface area contributed by atoms with Gasteiger partial charge in [-0.25, -0.2) is 0 Å². The molecule has 1 aliphatic heterocycles. The van der Waals surface area contributed by atoms with Crippen LogP contribution in [0.15, 0.2) is 12.2 Å². The summed E-state index contributed by atoms with van der Waals surface area (Å²) in [7, 11) is 0. The Labute approximate surface area is 150 Å². The molecule has 154 valence electrons. The van der Waals surface area contributed by atoms with Crippen LogP contribution in [-0.2, 0) is 4.74 Å². The molecule has 0 bridgehead atoms. The van der Waals surface area contributed by atoms with Gasteiger partial charge in [-0.15, -0.1) is 5.12 Å². The van der Waals surface area contributed by atoms with E-state index < -0.39 is 29.7 Å². The van der Waals surface area contributed by atoms with Gasteiger partial charge in [0.25, 0.3) is 0 Å². The monoisotopic (exact) mass is 390 g/mol. The molecule has 0 saturated heterocycles. The van der Waals surface area contributed by atoms with Crippen LogP contribution < -0.4 is 0 Å². The maximum absolute atomic E-state index is 13.5. The van der Waals surface area contributed by atoms with E-state index in [1.807, 2.05) is 0 Å². The largest absolute Gasteiger partial charge is 0.436 e. The third-order valence-corrected chi connectivity index (χ3v) is 4.25. The fraction of sp³-hybridized carbons (Fsp3) is 0.882. The molecule has 0 aliphatic carbocycles. The van der Waals surface area contributed by atoms with Crippen LogP contribution in [0.1, 0.15) is 64.7 Å². The van der Waals surface area contributed by atoms with Crippen LogP contribution in [-0.4, -0.2) is 41.9 Å². The van der Waals surface area contributed by atoms with E-state index in [1.165, 1.54) is 32.1 Å². The van der Waals surface area contributed by atoms with Crippen molar-refractivity contribution < 1.29 is 31.2 Å². The minimum Gasteiger partial charge on any atom is -0.381 e. The van der Waals surface area contributed by atoms with Crippen LogP contribution in [0.3, 0.4) is 0 Å². The summed E-state index contributed by atoms with van der Waals surface area (Å²) in [5, 5.41) is -1.84. The van der Waals surface area contributed by atoms with E-state index in [4.69, 9.17) is 4.74 Å². The summed E-state index contributed by atoms with van der Waals surface area (Å²) in [6.45, 7) is 2.15. The Hall–Kier alpha value is -1.12. The van der Waals surface area contributed by atoms with Crippen LogP contribution in [0.2, 0.25) is 0 Å². The first-order valence-electron chi connectivity index (χ1n) is 9.18. The third kappa shape index (κ3) is 6.25. The lowest BCUT2D eigenvalue weighted by atomic mass is 10.1. The van der Waals surface area contributed by atoms with Crippen molar-refractivity contribution in [1.82, 2.24) is 10.0 Å². The molecule has 0 radical (unpaired) electrons. The zero-order valence-electron chi connectivity index (χ0n) is 15.1. The first-order chi connectivity index (χ1) is 12.2. The molecule has 0 aromatic carbocycles. The Kier molecular flexibility index (Phi) is 9.60. The average Bonchev–Trinajstić information content (AvgIpc) is 2.59. The molecule has 0 unspecified atom stereocenters. The molecule has 0 N–H and O–H groups in total. The molecule has 0 amide bonds. The molecule has 1 heterocycles. The molecule has 0 atom stereocenters. The molecular weight excluding hydrogens is 362 g/mol. The lowest BCUT2D eigenvalue weighted by molar-refractivity contribution is -0.376. The highest BCUT2D eigenvalue weighted by Crippen LogP contribution is 2.45. The highest BCUT2D eigenvalue weighted by atomic mass is 19.3. The highest BCUT2D eigenvalue weighted by Gasteiger charge is 2.68. The lowest BCUT2D eigenvalue weighted by Crippen LogP contribution is -2.61. The van der Waals surface area contributed by atoms with E-state index in [0.29, 0.717) is 6.61 Å². The zero-order valence-corrected chi connectivity index (χ0v) is 15.1. The van der Waals surface area contributed by atoms with Crippen molar-refractivity contribution in [2.24, 2.45) is 0 Å². The predicted octanol–water partition coefficient (Wildman–Crippen LogP) is 5.99. The van der Waals surface area contributed by atoms with E-state index in [1.54, 1.807) is 0 Å². The molecule has 3 nitrogen and oxygen atoms in total. The van der Waals surface area contributed by atoms with Gasteiger partial charge in [0.05, 0.1) is 6.20 Å². The zero-order chi connectivity index (χ0) is 19.6. The minimum absolute atomic E-state index is 0.00124. The number of alkyl halides is 4. The fourth-order valence-corrected chi connectivity index (χ4v) is 2.67. The van der Waals surface area contributed by atoms with Gasteiger partial charge in [-0.3, -0.25) is 0 Å². The molecule has 0 fully saturated rings. The van der Waals surface area contributed by atoms with Gasteiger partial charge in [-0.05, 0) is 12.8 Å². The Morgan fingerprint density at radius 2 is 1.38 bits per heavy atom. The number of unbranched alkanes of at least 4 members (excludes halogenated alkanes) is 7. The van der Waals surface area contributed by atoms with Crippen molar-refractivity contribution in [2.75, 3.05) is 19.8 Å². The molecule has 0 saturated carbocycles. The maximum Gasteiger partial charge on any atom is 0.436 e. The van der Waals surface area contributed by atoms with Crippen LogP contribution in [0.4, 0.5) is 26.4 Å². The Balaban J connectivity index is 2.14. The summed E-state index contributed by atoms with van der Waals surface area (Å²) >= 11 is 0. The molecule has 1 rings (SSSR count). The standard InChI is InChI=1S/C17H28F6N2O/c1-2-3-4-5-6-7-8-9-12-26-13-10-11-24-14-15(18)25(23)17(21,22)16(24,19)20/h14H,2-13H2,1H3. The van der Waals surface area contributed by atoms with Gasteiger partial charge in [0, 0.05) is 19.8 Å². The van der Waals surface area contributed by atoms with Gasteiger partial charge in [-0.2, -0.15) is 22.0 Å². The molecule has 9 heteroatoms. The minimum atomic E-state index is -5.26. The molecule has 0 aromatic heterocycles. The maximum atomic E-state index is 13.5. The van der Waals surface area contributed by atoms with Crippen molar-refractivity contribution >= 4 is 0 Å². The predicted molar refractivity (Wildman–Crippen MR) is 86.8 cm³/mol. The summed E-state index contributed by atoms with van der Waals surface area (Å²) < 4.78 is 84.5. The van der Waals surface area contributed by atoms with Crippen molar-refractivity contribution in [3.8, 4) is 0 Å². The number of hydrogen-bond donors (Lipinski definition) is 0. The second kappa shape index (κ2) is 10.9. The smallest absolute Gasteiger partial charge is 0.381 e. The van der Waals surface area contributed by atoms with Crippen LogP contribution in [0.25, 0.3) is 0 Å². The lowest BCUT2D eigenvalue weighted by Gasteiger charge is -2.40. The molecule has 26 heavy (non-hydrogen) atoms. The second-order valence-electron chi connectivity index (χ2n) is 6.45. The van der Waals surface area contributed by atoms with Gasteiger partial charge in [0.1, 0.15) is 0 Å². The second-order valence-corrected chi connectivity index (χ2v) is 6.45. The quantitative estimate of drug-likeness (QED) is 0.166. The van der Waals surface area contributed by atoms with Crippen molar-refractivity contribution in [2.45, 2.75) is 76.8 Å². The Morgan fingerprint density at radius 3 is 2.00 bits per heavy atom. The third-order valence-electron chi connectivity index (χ3n) is 4.25. The van der Waals surface area contributed by atoms with E-state index in [-0.39, 0.29) is 24.1 Å². The Bertz CT molecular complexity index is 433. The first-order valence-corrected chi connectivity index (χ1v) is 9.18. The normalized spacial score (nSPS) is 19.0. The summed E-state index contributed by atoms with van der Waals surface area (Å²) in [5.74, 6) is -2.05. The van der Waals surface area contributed by atoms with E-state index in [0.717, 1.165) is 19.3 Å². The average molecular weight is 390 g/mol. The van der Waals surface area contributed by atoms with Crippen molar-refractivity contribution in [3.63, 3.8) is 0 Å². The molecule has 1 aliphatic rings. The fourth-order valence-electron chi connectivity index (χ4n) is 2.67. The van der Waals surface area contributed by atoms with Crippen molar-refractivity contribution in [1.29, 1.82) is 0 Å². The highest BCUT2D eigenvalue weighted by molar-refractivity contribution is 5.03. The van der Waals surface area contributed by atoms with Gasteiger partial charge in [0.15, 0.2) is 0 Å². The topological polar surface area (TPSA) is 15.7 Å². The Morgan fingerprint density at radius 1 is 0.846 bits per heavy atom. The van der Waals surface area contributed by atoms with Gasteiger partial charge < -0.3 is 9.64 Å². The summed E-state index contributed by atoms with van der Waals surface area (Å²) in [5.41, 5.74) is 0.